The Balaban J connectivity index is 1.32. The number of nitrogens with zero attached hydrogens (tertiary/aromatic N) is 1. The van der Waals surface area contributed by atoms with Crippen LogP contribution in [0.1, 0.15) is 51.4 Å². The minimum atomic E-state index is 0.0670. The first-order chi connectivity index (χ1) is 10.2. The number of carbonyl (C=O) groups excluding carboxylic acids is 2. The molecule has 0 aromatic rings. The summed E-state index contributed by atoms with van der Waals surface area (Å²) < 4.78 is 0. The smallest absolute Gasteiger partial charge is 0.239 e. The van der Waals surface area contributed by atoms with Crippen molar-refractivity contribution in [2.24, 2.45) is 23.7 Å². The summed E-state index contributed by atoms with van der Waals surface area (Å²) in [5.74, 6) is 3.66. The first kappa shape index (κ1) is 13.6. The van der Waals surface area contributed by atoms with E-state index in [9.17, 15) is 9.59 Å². The number of likely N-dealkylation sites (tertiary alicyclic amines) is 1. The number of piperidine rings is 1. The van der Waals surface area contributed by atoms with E-state index in [1.54, 1.807) is 4.90 Å². The standard InChI is InChI=1S/C17H26N2O2/c20-16(10-19-7-2-1-6-17(19)21)18-15-9-11-8-14(15)13-5-3-4-12(11)13/h11-15H,1-10H2,(H,18,20)/t11-,12+,13-,14+,15-/m1/s1. The molecule has 4 rings (SSSR count). The first-order valence-corrected chi connectivity index (χ1v) is 8.79. The van der Waals surface area contributed by atoms with E-state index in [0.29, 0.717) is 12.5 Å². The summed E-state index contributed by atoms with van der Waals surface area (Å²) in [6, 6.07) is 0.391. The van der Waals surface area contributed by atoms with Gasteiger partial charge in [0.1, 0.15) is 0 Å². The maximum Gasteiger partial charge on any atom is 0.239 e. The molecule has 4 nitrogen and oxygen atoms in total. The maximum absolute atomic E-state index is 12.3. The van der Waals surface area contributed by atoms with Gasteiger partial charge in [0.05, 0.1) is 6.54 Å². The summed E-state index contributed by atoms with van der Waals surface area (Å²) in [4.78, 5) is 25.8. The molecule has 3 aliphatic carbocycles. The zero-order chi connectivity index (χ0) is 14.4. The molecule has 1 saturated heterocycles. The summed E-state index contributed by atoms with van der Waals surface area (Å²) in [7, 11) is 0. The lowest BCUT2D eigenvalue weighted by Gasteiger charge is -2.33. The van der Waals surface area contributed by atoms with Crippen molar-refractivity contribution >= 4 is 11.8 Å². The van der Waals surface area contributed by atoms with E-state index in [-0.39, 0.29) is 18.4 Å². The number of carbonyl (C=O) groups is 2. The number of fused-ring (bicyclic) bond motifs is 5. The maximum atomic E-state index is 12.3. The molecule has 3 saturated carbocycles. The highest BCUT2D eigenvalue weighted by molar-refractivity contribution is 5.85. The van der Waals surface area contributed by atoms with Crippen molar-refractivity contribution in [3.8, 4) is 0 Å². The van der Waals surface area contributed by atoms with E-state index in [0.717, 1.165) is 43.1 Å². The van der Waals surface area contributed by atoms with Gasteiger partial charge in [0.15, 0.2) is 0 Å². The molecule has 0 aromatic heterocycles. The van der Waals surface area contributed by atoms with Crippen LogP contribution in [-0.2, 0) is 9.59 Å². The molecule has 5 atom stereocenters. The zero-order valence-corrected chi connectivity index (χ0v) is 12.7. The van der Waals surface area contributed by atoms with Crippen LogP contribution in [0.25, 0.3) is 0 Å². The summed E-state index contributed by atoms with van der Waals surface area (Å²) in [5.41, 5.74) is 0. The molecule has 4 aliphatic rings. The third kappa shape index (κ3) is 2.36. The highest BCUT2D eigenvalue weighted by atomic mass is 16.2. The predicted molar refractivity (Wildman–Crippen MR) is 79.4 cm³/mol. The second kappa shape index (κ2) is 5.29. The Morgan fingerprint density at radius 2 is 1.95 bits per heavy atom. The Hall–Kier alpha value is -1.06. The van der Waals surface area contributed by atoms with Crippen molar-refractivity contribution < 1.29 is 9.59 Å². The average Bonchev–Trinajstić information content (AvgIpc) is 3.13. The highest BCUT2D eigenvalue weighted by Gasteiger charge is 2.54. The van der Waals surface area contributed by atoms with Gasteiger partial charge >= 0.3 is 0 Å². The van der Waals surface area contributed by atoms with Gasteiger partial charge in [-0.15, -0.1) is 0 Å². The molecule has 4 heteroatoms. The topological polar surface area (TPSA) is 49.4 Å². The molecule has 1 N–H and O–H groups in total. The molecule has 2 amide bonds. The Bertz CT molecular complexity index is 450. The SMILES string of the molecule is O=C(CN1CCCCC1=O)N[C@@H]1C[C@H]2C[C@H]1[C@@H]1CCC[C@@H]21. The fourth-order valence-corrected chi connectivity index (χ4v) is 5.69. The second-order valence-electron chi connectivity index (χ2n) is 7.60. The predicted octanol–water partition coefficient (Wildman–Crippen LogP) is 1.94. The Kier molecular flexibility index (Phi) is 3.43. The van der Waals surface area contributed by atoms with Crippen LogP contribution in [-0.4, -0.2) is 35.8 Å². The van der Waals surface area contributed by atoms with Gasteiger partial charge in [-0.3, -0.25) is 9.59 Å². The monoisotopic (exact) mass is 290 g/mol. The van der Waals surface area contributed by atoms with Crippen LogP contribution >= 0.6 is 0 Å². The van der Waals surface area contributed by atoms with Crippen LogP contribution in [0.3, 0.4) is 0 Å². The van der Waals surface area contributed by atoms with E-state index < -0.39 is 0 Å². The van der Waals surface area contributed by atoms with Gasteiger partial charge in [0, 0.05) is 19.0 Å². The summed E-state index contributed by atoms with van der Waals surface area (Å²) >= 11 is 0. The fourth-order valence-electron chi connectivity index (χ4n) is 5.69. The van der Waals surface area contributed by atoms with Crippen LogP contribution in [0, 0.1) is 23.7 Å². The van der Waals surface area contributed by atoms with Crippen LogP contribution in [0.5, 0.6) is 0 Å². The lowest BCUT2D eigenvalue weighted by atomic mass is 9.79. The van der Waals surface area contributed by atoms with Gasteiger partial charge in [0.25, 0.3) is 0 Å². The average molecular weight is 290 g/mol. The van der Waals surface area contributed by atoms with Gasteiger partial charge in [-0.2, -0.15) is 0 Å². The molecule has 1 aliphatic heterocycles. The van der Waals surface area contributed by atoms with Crippen LogP contribution in [0.2, 0.25) is 0 Å². The van der Waals surface area contributed by atoms with E-state index in [1.807, 2.05) is 0 Å². The normalized spacial score (nSPS) is 41.4. The minimum Gasteiger partial charge on any atom is -0.352 e. The van der Waals surface area contributed by atoms with Gasteiger partial charge < -0.3 is 10.2 Å². The van der Waals surface area contributed by atoms with Crippen LogP contribution in [0.4, 0.5) is 0 Å². The number of hydrogen-bond donors (Lipinski definition) is 1. The van der Waals surface area contributed by atoms with E-state index in [2.05, 4.69) is 5.32 Å². The van der Waals surface area contributed by atoms with Crippen molar-refractivity contribution in [1.82, 2.24) is 10.2 Å². The largest absolute Gasteiger partial charge is 0.352 e. The van der Waals surface area contributed by atoms with Crippen molar-refractivity contribution in [3.05, 3.63) is 0 Å². The van der Waals surface area contributed by atoms with Crippen molar-refractivity contribution in [2.75, 3.05) is 13.1 Å². The lowest BCUT2D eigenvalue weighted by Crippen LogP contribution is -2.48. The zero-order valence-electron chi connectivity index (χ0n) is 12.7. The minimum absolute atomic E-state index is 0.0670. The summed E-state index contributed by atoms with van der Waals surface area (Å²) in [6.07, 6.45) is 9.35. The van der Waals surface area contributed by atoms with Gasteiger partial charge in [-0.1, -0.05) is 6.42 Å². The lowest BCUT2D eigenvalue weighted by molar-refractivity contribution is -0.138. The molecule has 4 fully saturated rings. The summed E-state index contributed by atoms with van der Waals surface area (Å²) in [5, 5.41) is 3.26. The van der Waals surface area contributed by atoms with Gasteiger partial charge in [0.2, 0.25) is 11.8 Å². The highest BCUT2D eigenvalue weighted by Crippen LogP contribution is 2.58. The molecular weight excluding hydrogens is 264 g/mol. The molecule has 1 heterocycles. The first-order valence-electron chi connectivity index (χ1n) is 8.79. The van der Waals surface area contributed by atoms with Crippen molar-refractivity contribution in [1.29, 1.82) is 0 Å². The van der Waals surface area contributed by atoms with Crippen LogP contribution in [0.15, 0.2) is 0 Å². The van der Waals surface area contributed by atoms with Crippen molar-refractivity contribution in [3.63, 3.8) is 0 Å². The summed E-state index contributed by atoms with van der Waals surface area (Å²) in [6.45, 7) is 1.04. The van der Waals surface area contributed by atoms with Gasteiger partial charge in [-0.05, 0) is 62.2 Å². The Labute approximate surface area is 126 Å². The molecule has 21 heavy (non-hydrogen) atoms. The molecular formula is C17H26N2O2. The second-order valence-corrected chi connectivity index (χ2v) is 7.60. The quantitative estimate of drug-likeness (QED) is 0.863. The van der Waals surface area contributed by atoms with E-state index >= 15 is 0 Å². The van der Waals surface area contributed by atoms with Crippen molar-refractivity contribution in [2.45, 2.75) is 57.4 Å². The number of amides is 2. The number of rotatable bonds is 3. The number of hydrogen-bond acceptors (Lipinski definition) is 2. The fraction of sp³-hybridized carbons (Fsp3) is 0.882. The molecule has 0 unspecified atom stereocenters. The third-order valence-corrected chi connectivity index (χ3v) is 6.53. The third-order valence-electron chi connectivity index (χ3n) is 6.53. The molecule has 116 valence electrons. The van der Waals surface area contributed by atoms with E-state index in [4.69, 9.17) is 0 Å². The molecule has 2 bridgehead atoms. The number of nitrogens with one attached hydrogen (secondary N) is 1. The van der Waals surface area contributed by atoms with Gasteiger partial charge in [-0.25, -0.2) is 0 Å². The van der Waals surface area contributed by atoms with E-state index in [1.165, 1.54) is 32.1 Å². The Morgan fingerprint density at radius 1 is 1.10 bits per heavy atom. The molecule has 0 aromatic carbocycles. The Morgan fingerprint density at radius 3 is 2.81 bits per heavy atom. The molecule has 0 spiro atoms. The van der Waals surface area contributed by atoms with Crippen LogP contribution < -0.4 is 5.32 Å². The molecule has 0 radical (unpaired) electrons.